The Kier molecular flexibility index (Phi) is 6.68. The highest BCUT2D eigenvalue weighted by atomic mass is 16.6. The number of nitrogens with zero attached hydrogens (tertiary/aromatic N) is 3. The van der Waals surface area contributed by atoms with Crippen LogP contribution in [0.2, 0.25) is 0 Å². The molecule has 0 spiro atoms. The van der Waals surface area contributed by atoms with Gasteiger partial charge >= 0.3 is 0 Å². The molecule has 0 bridgehead atoms. The van der Waals surface area contributed by atoms with Crippen molar-refractivity contribution >= 4 is 11.4 Å². The molecule has 0 aliphatic carbocycles. The molecule has 2 heterocycles. The van der Waals surface area contributed by atoms with Crippen molar-refractivity contribution < 1.29 is 4.92 Å². The van der Waals surface area contributed by atoms with Gasteiger partial charge in [0.15, 0.2) is 0 Å². The van der Waals surface area contributed by atoms with E-state index in [4.69, 9.17) is 0 Å². The van der Waals surface area contributed by atoms with E-state index in [-0.39, 0.29) is 10.6 Å². The first-order valence-electron chi connectivity index (χ1n) is 11.5. The van der Waals surface area contributed by atoms with E-state index in [9.17, 15) is 10.1 Å². The summed E-state index contributed by atoms with van der Waals surface area (Å²) in [5.74, 6) is 1.20. The summed E-state index contributed by atoms with van der Waals surface area (Å²) in [6.07, 6.45) is 5.98. The molecule has 2 aliphatic rings. The summed E-state index contributed by atoms with van der Waals surface area (Å²) < 4.78 is 0. The van der Waals surface area contributed by atoms with Crippen molar-refractivity contribution in [2.45, 2.75) is 50.9 Å². The summed E-state index contributed by atoms with van der Waals surface area (Å²) in [4.78, 5) is 15.7. The molecule has 1 unspecified atom stereocenters. The summed E-state index contributed by atoms with van der Waals surface area (Å²) in [6.45, 7) is 8.00. The van der Waals surface area contributed by atoms with E-state index >= 15 is 0 Å². The van der Waals surface area contributed by atoms with Gasteiger partial charge in [0.25, 0.3) is 5.69 Å². The fourth-order valence-electron chi connectivity index (χ4n) is 5.21. The van der Waals surface area contributed by atoms with Gasteiger partial charge in [0.05, 0.1) is 4.92 Å². The van der Waals surface area contributed by atoms with Crippen molar-refractivity contribution in [3.63, 3.8) is 0 Å². The zero-order chi connectivity index (χ0) is 20.9. The number of hydrogen-bond acceptors (Lipinski definition) is 4. The van der Waals surface area contributed by atoms with Crippen molar-refractivity contribution in [2.75, 3.05) is 37.6 Å². The molecule has 1 atom stereocenters. The number of nitro benzene ring substituents is 1. The Morgan fingerprint density at radius 1 is 0.967 bits per heavy atom. The van der Waals surface area contributed by atoms with E-state index < -0.39 is 0 Å². The van der Waals surface area contributed by atoms with E-state index in [1.807, 2.05) is 12.1 Å². The molecule has 160 valence electrons. The van der Waals surface area contributed by atoms with Crippen molar-refractivity contribution in [1.82, 2.24) is 4.90 Å². The summed E-state index contributed by atoms with van der Waals surface area (Å²) in [5.41, 5.74) is 4.42. The van der Waals surface area contributed by atoms with Gasteiger partial charge in [-0.05, 0) is 80.8 Å². The van der Waals surface area contributed by atoms with Crippen LogP contribution in [-0.2, 0) is 0 Å². The molecular weight excluding hydrogens is 374 g/mol. The van der Waals surface area contributed by atoms with Crippen molar-refractivity contribution in [3.8, 4) is 0 Å². The Morgan fingerprint density at radius 3 is 2.40 bits per heavy atom. The Balaban J connectivity index is 1.30. The molecule has 1 fully saturated rings. The van der Waals surface area contributed by atoms with E-state index in [1.165, 1.54) is 49.2 Å². The zero-order valence-corrected chi connectivity index (χ0v) is 18.0. The largest absolute Gasteiger partial charge is 0.371 e. The molecular formula is C25H33N3O2. The maximum absolute atomic E-state index is 10.9. The SMILES string of the molecule is CCCN1CCC(CCN2CCC(c3ccc([N+](=O)[O-])cc3)CC2)c2ccccc21. The third-order valence-corrected chi connectivity index (χ3v) is 6.91. The maximum atomic E-state index is 10.9. The lowest BCUT2D eigenvalue weighted by molar-refractivity contribution is -0.384. The number of hydrogen-bond donors (Lipinski definition) is 0. The highest BCUT2D eigenvalue weighted by Crippen LogP contribution is 2.37. The minimum atomic E-state index is -0.322. The molecule has 0 N–H and O–H groups in total. The molecule has 2 aliphatic heterocycles. The van der Waals surface area contributed by atoms with Crippen molar-refractivity contribution in [1.29, 1.82) is 0 Å². The van der Waals surface area contributed by atoms with Crippen molar-refractivity contribution in [3.05, 3.63) is 69.8 Å². The predicted octanol–water partition coefficient (Wildman–Crippen LogP) is 5.57. The molecule has 5 heteroatoms. The Bertz CT molecular complexity index is 844. The van der Waals surface area contributed by atoms with Crippen LogP contribution < -0.4 is 4.90 Å². The average molecular weight is 408 g/mol. The number of benzene rings is 2. The Hall–Kier alpha value is -2.40. The second-order valence-electron chi connectivity index (χ2n) is 8.78. The van der Waals surface area contributed by atoms with Gasteiger partial charge in [-0.2, -0.15) is 0 Å². The lowest BCUT2D eigenvalue weighted by Crippen LogP contribution is -2.36. The number of nitro groups is 1. The third-order valence-electron chi connectivity index (χ3n) is 6.91. The number of likely N-dealkylation sites (tertiary alicyclic amines) is 1. The molecule has 1 saturated heterocycles. The lowest BCUT2D eigenvalue weighted by Gasteiger charge is -2.37. The standard InChI is InChI=1S/C25H33N3O2/c1-2-15-27-19-14-22(24-5-3-4-6-25(24)27)13-18-26-16-11-21(12-17-26)20-7-9-23(10-8-20)28(29)30/h3-10,21-22H,2,11-19H2,1H3. The first-order chi connectivity index (χ1) is 14.7. The first-order valence-corrected chi connectivity index (χ1v) is 11.5. The molecule has 5 nitrogen and oxygen atoms in total. The molecule has 0 radical (unpaired) electrons. The summed E-state index contributed by atoms with van der Waals surface area (Å²) in [5, 5.41) is 10.9. The Morgan fingerprint density at radius 2 is 1.70 bits per heavy atom. The minimum absolute atomic E-state index is 0.182. The van der Waals surface area contributed by atoms with E-state index in [2.05, 4.69) is 41.0 Å². The number of non-ortho nitro benzene ring substituents is 1. The number of piperidine rings is 1. The first kappa shape index (κ1) is 20.9. The second kappa shape index (κ2) is 9.61. The molecule has 2 aromatic carbocycles. The fourth-order valence-corrected chi connectivity index (χ4v) is 5.21. The highest BCUT2D eigenvalue weighted by molar-refractivity contribution is 5.57. The van der Waals surface area contributed by atoms with Crippen LogP contribution in [0.15, 0.2) is 48.5 Å². The van der Waals surface area contributed by atoms with Crippen molar-refractivity contribution in [2.24, 2.45) is 0 Å². The number of anilines is 1. The summed E-state index contributed by atoms with van der Waals surface area (Å²) in [6, 6.07) is 16.2. The van der Waals surface area contributed by atoms with Gasteiger partial charge in [0.1, 0.15) is 0 Å². The lowest BCUT2D eigenvalue weighted by atomic mass is 9.86. The van der Waals surface area contributed by atoms with E-state index in [0.29, 0.717) is 11.8 Å². The smallest absolute Gasteiger partial charge is 0.269 e. The van der Waals surface area contributed by atoms with Gasteiger partial charge in [0.2, 0.25) is 0 Å². The quantitative estimate of drug-likeness (QED) is 0.445. The maximum Gasteiger partial charge on any atom is 0.269 e. The number of para-hydroxylation sites is 1. The topological polar surface area (TPSA) is 49.6 Å². The van der Waals surface area contributed by atoms with Gasteiger partial charge in [-0.25, -0.2) is 0 Å². The van der Waals surface area contributed by atoms with Crippen LogP contribution in [0.1, 0.15) is 62.0 Å². The minimum Gasteiger partial charge on any atom is -0.371 e. The molecule has 0 saturated carbocycles. The monoisotopic (exact) mass is 407 g/mol. The third kappa shape index (κ3) is 4.67. The molecule has 30 heavy (non-hydrogen) atoms. The van der Waals surface area contributed by atoms with Crippen LogP contribution in [0.4, 0.5) is 11.4 Å². The van der Waals surface area contributed by atoms with Crippen LogP contribution in [-0.4, -0.2) is 42.5 Å². The number of fused-ring (bicyclic) bond motifs is 1. The van der Waals surface area contributed by atoms with Crippen LogP contribution in [0.25, 0.3) is 0 Å². The molecule has 2 aromatic rings. The fraction of sp³-hybridized carbons (Fsp3) is 0.520. The van der Waals surface area contributed by atoms with Crippen LogP contribution in [0, 0.1) is 10.1 Å². The van der Waals surface area contributed by atoms with E-state index in [0.717, 1.165) is 32.5 Å². The van der Waals surface area contributed by atoms with Crippen LogP contribution in [0.5, 0.6) is 0 Å². The molecule has 4 rings (SSSR count). The molecule has 0 aromatic heterocycles. The predicted molar refractivity (Wildman–Crippen MR) is 122 cm³/mol. The second-order valence-corrected chi connectivity index (χ2v) is 8.78. The average Bonchev–Trinajstić information content (AvgIpc) is 2.79. The number of rotatable bonds is 7. The van der Waals surface area contributed by atoms with Gasteiger partial charge in [0, 0.05) is 30.9 Å². The zero-order valence-electron chi connectivity index (χ0n) is 18.0. The van der Waals surface area contributed by atoms with Gasteiger partial charge in [-0.15, -0.1) is 0 Å². The Labute approximate surface area is 179 Å². The molecule has 0 amide bonds. The van der Waals surface area contributed by atoms with Gasteiger partial charge < -0.3 is 9.80 Å². The van der Waals surface area contributed by atoms with Gasteiger partial charge in [-0.1, -0.05) is 37.3 Å². The summed E-state index contributed by atoms with van der Waals surface area (Å²) >= 11 is 0. The van der Waals surface area contributed by atoms with E-state index in [1.54, 1.807) is 12.1 Å². The van der Waals surface area contributed by atoms with Gasteiger partial charge in [-0.3, -0.25) is 10.1 Å². The van der Waals surface area contributed by atoms with Crippen LogP contribution in [0.3, 0.4) is 0 Å². The highest BCUT2D eigenvalue weighted by Gasteiger charge is 2.26. The van der Waals surface area contributed by atoms with Crippen LogP contribution >= 0.6 is 0 Å². The normalized spacial score (nSPS) is 20.2. The summed E-state index contributed by atoms with van der Waals surface area (Å²) in [7, 11) is 0.